The molecule has 0 aliphatic heterocycles. The van der Waals surface area contributed by atoms with E-state index in [0.29, 0.717) is 13.0 Å². The SMILES string of the molecule is CC[C@H](NC(=O)NCc1ccccc1)C(=O)O. The van der Waals surface area contributed by atoms with Crippen LogP contribution >= 0.6 is 0 Å². The van der Waals surface area contributed by atoms with Gasteiger partial charge in [-0.2, -0.15) is 0 Å². The van der Waals surface area contributed by atoms with E-state index in [0.717, 1.165) is 5.56 Å². The van der Waals surface area contributed by atoms with Crippen molar-refractivity contribution >= 4 is 12.0 Å². The second-order valence-electron chi connectivity index (χ2n) is 3.61. The molecule has 1 rings (SSSR count). The van der Waals surface area contributed by atoms with Crippen LogP contribution < -0.4 is 10.6 Å². The van der Waals surface area contributed by atoms with Crippen LogP contribution in [0.1, 0.15) is 18.9 Å². The number of carbonyl (C=O) groups excluding carboxylic acids is 1. The molecular formula is C12H16N2O3. The minimum absolute atomic E-state index is 0.355. The summed E-state index contributed by atoms with van der Waals surface area (Å²) in [7, 11) is 0. The highest BCUT2D eigenvalue weighted by Gasteiger charge is 2.16. The van der Waals surface area contributed by atoms with E-state index in [-0.39, 0.29) is 0 Å². The third-order valence-electron chi connectivity index (χ3n) is 2.31. The molecule has 0 fully saturated rings. The van der Waals surface area contributed by atoms with Gasteiger partial charge in [0.05, 0.1) is 0 Å². The van der Waals surface area contributed by atoms with E-state index in [9.17, 15) is 9.59 Å². The zero-order valence-corrected chi connectivity index (χ0v) is 9.64. The van der Waals surface area contributed by atoms with Crippen molar-refractivity contribution in [3.8, 4) is 0 Å². The summed E-state index contributed by atoms with van der Waals surface area (Å²) < 4.78 is 0. The third-order valence-corrected chi connectivity index (χ3v) is 2.31. The van der Waals surface area contributed by atoms with E-state index >= 15 is 0 Å². The average Bonchev–Trinajstić information content (AvgIpc) is 2.34. The van der Waals surface area contributed by atoms with Crippen LogP contribution in [-0.2, 0) is 11.3 Å². The molecule has 0 aliphatic rings. The Morgan fingerprint density at radius 3 is 2.47 bits per heavy atom. The molecule has 0 unspecified atom stereocenters. The summed E-state index contributed by atoms with van der Waals surface area (Å²) in [5.41, 5.74) is 0.964. The molecule has 92 valence electrons. The van der Waals surface area contributed by atoms with E-state index in [1.165, 1.54) is 0 Å². The number of nitrogens with one attached hydrogen (secondary N) is 2. The lowest BCUT2D eigenvalue weighted by Gasteiger charge is -2.13. The quantitative estimate of drug-likeness (QED) is 0.722. The second kappa shape index (κ2) is 6.52. The van der Waals surface area contributed by atoms with Crippen LogP contribution in [0, 0.1) is 0 Å². The Morgan fingerprint density at radius 2 is 1.94 bits per heavy atom. The maximum atomic E-state index is 11.4. The van der Waals surface area contributed by atoms with Crippen LogP contribution in [0.25, 0.3) is 0 Å². The fourth-order valence-corrected chi connectivity index (χ4v) is 1.33. The molecule has 0 radical (unpaired) electrons. The summed E-state index contributed by atoms with van der Waals surface area (Å²) in [6.07, 6.45) is 0.355. The molecule has 2 amide bonds. The van der Waals surface area contributed by atoms with Gasteiger partial charge in [0.1, 0.15) is 6.04 Å². The highest BCUT2D eigenvalue weighted by atomic mass is 16.4. The zero-order chi connectivity index (χ0) is 12.7. The van der Waals surface area contributed by atoms with E-state index in [4.69, 9.17) is 5.11 Å². The molecule has 0 aromatic heterocycles. The third kappa shape index (κ3) is 4.55. The highest BCUT2D eigenvalue weighted by Crippen LogP contribution is 1.97. The number of aliphatic carboxylic acids is 1. The predicted molar refractivity (Wildman–Crippen MR) is 63.5 cm³/mol. The number of urea groups is 1. The van der Waals surface area contributed by atoms with Crippen molar-refractivity contribution in [3.63, 3.8) is 0 Å². The molecule has 1 aromatic rings. The first-order valence-electron chi connectivity index (χ1n) is 5.44. The number of carbonyl (C=O) groups is 2. The molecule has 1 atom stereocenters. The average molecular weight is 236 g/mol. The Bertz CT molecular complexity index is 379. The largest absolute Gasteiger partial charge is 0.480 e. The van der Waals surface area contributed by atoms with Gasteiger partial charge in [-0.3, -0.25) is 0 Å². The maximum absolute atomic E-state index is 11.4. The fraction of sp³-hybridized carbons (Fsp3) is 0.333. The summed E-state index contributed by atoms with van der Waals surface area (Å²) in [5.74, 6) is -1.03. The molecule has 0 saturated heterocycles. The van der Waals surface area contributed by atoms with Gasteiger partial charge in [0, 0.05) is 6.54 Å². The van der Waals surface area contributed by atoms with Gasteiger partial charge < -0.3 is 15.7 Å². The second-order valence-corrected chi connectivity index (χ2v) is 3.61. The molecule has 0 bridgehead atoms. The van der Waals surface area contributed by atoms with Crippen molar-refractivity contribution in [2.24, 2.45) is 0 Å². The number of hydrogen-bond donors (Lipinski definition) is 3. The summed E-state index contributed by atoms with van der Waals surface area (Å²) in [4.78, 5) is 22.1. The Hall–Kier alpha value is -2.04. The van der Waals surface area contributed by atoms with Crippen LogP contribution in [0.4, 0.5) is 4.79 Å². The van der Waals surface area contributed by atoms with Gasteiger partial charge in [-0.05, 0) is 12.0 Å². The number of carboxylic acids is 1. The van der Waals surface area contributed by atoms with E-state index in [1.807, 2.05) is 30.3 Å². The van der Waals surface area contributed by atoms with Crippen LogP contribution in [-0.4, -0.2) is 23.1 Å². The number of amides is 2. The standard InChI is InChI=1S/C12H16N2O3/c1-2-10(11(15)16)14-12(17)13-8-9-6-4-3-5-7-9/h3-7,10H,2,8H2,1H3,(H,15,16)(H2,13,14,17)/t10-/m0/s1. The Labute approximate surface area is 99.8 Å². The first-order valence-corrected chi connectivity index (χ1v) is 5.44. The molecule has 17 heavy (non-hydrogen) atoms. The van der Waals surface area contributed by atoms with Gasteiger partial charge in [0.15, 0.2) is 0 Å². The number of rotatable bonds is 5. The molecule has 3 N–H and O–H groups in total. The number of hydrogen-bond acceptors (Lipinski definition) is 2. The molecule has 0 aliphatic carbocycles. The Balaban J connectivity index is 2.37. The molecule has 0 saturated carbocycles. The van der Waals surface area contributed by atoms with E-state index < -0.39 is 18.0 Å². The van der Waals surface area contributed by atoms with Crippen LogP contribution in [0.15, 0.2) is 30.3 Å². The molecule has 5 heteroatoms. The Morgan fingerprint density at radius 1 is 1.29 bits per heavy atom. The van der Waals surface area contributed by atoms with Crippen molar-refractivity contribution in [2.45, 2.75) is 25.9 Å². The first-order chi connectivity index (χ1) is 8.13. The molecule has 5 nitrogen and oxygen atoms in total. The predicted octanol–water partition coefficient (Wildman–Crippen LogP) is 1.35. The fourth-order valence-electron chi connectivity index (χ4n) is 1.33. The van der Waals surface area contributed by atoms with Gasteiger partial charge in [-0.25, -0.2) is 9.59 Å². The van der Waals surface area contributed by atoms with Crippen molar-refractivity contribution in [1.29, 1.82) is 0 Å². The van der Waals surface area contributed by atoms with Crippen molar-refractivity contribution in [3.05, 3.63) is 35.9 Å². The van der Waals surface area contributed by atoms with Crippen LogP contribution in [0.5, 0.6) is 0 Å². The summed E-state index contributed by atoms with van der Waals surface area (Å²) in [6, 6.07) is 8.10. The smallest absolute Gasteiger partial charge is 0.326 e. The molecule has 1 aromatic carbocycles. The number of benzene rings is 1. The lowest BCUT2D eigenvalue weighted by molar-refractivity contribution is -0.139. The van der Waals surface area contributed by atoms with Gasteiger partial charge in [-0.15, -0.1) is 0 Å². The van der Waals surface area contributed by atoms with Crippen molar-refractivity contribution in [1.82, 2.24) is 10.6 Å². The maximum Gasteiger partial charge on any atom is 0.326 e. The van der Waals surface area contributed by atoms with Gasteiger partial charge in [-0.1, -0.05) is 37.3 Å². The van der Waals surface area contributed by atoms with E-state index in [2.05, 4.69) is 10.6 Å². The zero-order valence-electron chi connectivity index (χ0n) is 9.64. The van der Waals surface area contributed by atoms with Gasteiger partial charge in [0.2, 0.25) is 0 Å². The van der Waals surface area contributed by atoms with Gasteiger partial charge in [0.25, 0.3) is 0 Å². The summed E-state index contributed by atoms with van der Waals surface area (Å²) in [6.45, 7) is 2.08. The summed E-state index contributed by atoms with van der Waals surface area (Å²) >= 11 is 0. The Kier molecular flexibility index (Phi) is 5.00. The van der Waals surface area contributed by atoms with Crippen LogP contribution in [0.3, 0.4) is 0 Å². The first kappa shape index (κ1) is 13.0. The lowest BCUT2D eigenvalue weighted by atomic mass is 10.2. The minimum atomic E-state index is -1.03. The monoisotopic (exact) mass is 236 g/mol. The van der Waals surface area contributed by atoms with Crippen molar-refractivity contribution in [2.75, 3.05) is 0 Å². The lowest BCUT2D eigenvalue weighted by Crippen LogP contribution is -2.45. The normalized spacial score (nSPS) is 11.6. The van der Waals surface area contributed by atoms with Crippen LogP contribution in [0.2, 0.25) is 0 Å². The highest BCUT2D eigenvalue weighted by molar-refractivity contribution is 5.82. The van der Waals surface area contributed by atoms with E-state index in [1.54, 1.807) is 6.92 Å². The molecule has 0 spiro atoms. The molecule has 0 heterocycles. The molecular weight excluding hydrogens is 220 g/mol. The summed E-state index contributed by atoms with van der Waals surface area (Å²) in [5, 5.41) is 13.8. The number of carboxylic acid groups (broad SMARTS) is 1. The van der Waals surface area contributed by atoms with Crippen molar-refractivity contribution < 1.29 is 14.7 Å². The topological polar surface area (TPSA) is 78.4 Å². The van der Waals surface area contributed by atoms with Gasteiger partial charge >= 0.3 is 12.0 Å². The minimum Gasteiger partial charge on any atom is -0.480 e.